The lowest BCUT2D eigenvalue weighted by atomic mass is 9.92. The normalized spacial score (nSPS) is 18.7. The molecular weight excluding hydrogens is 438 g/mol. The number of carbonyl (C=O) groups is 1. The van der Waals surface area contributed by atoms with E-state index < -0.39 is 0 Å². The fourth-order valence-electron chi connectivity index (χ4n) is 5.32. The molecule has 0 spiro atoms. The first-order valence-electron chi connectivity index (χ1n) is 12.3. The number of likely N-dealkylation sites (tertiary alicyclic amines) is 1. The summed E-state index contributed by atoms with van der Waals surface area (Å²) in [6, 6.07) is 14.1. The van der Waals surface area contributed by atoms with Crippen LogP contribution in [-0.4, -0.2) is 46.8 Å². The third-order valence-electron chi connectivity index (χ3n) is 7.28. The Morgan fingerprint density at radius 3 is 2.66 bits per heavy atom. The second kappa shape index (κ2) is 9.55. The molecule has 0 saturated carbocycles. The van der Waals surface area contributed by atoms with Gasteiger partial charge in [-0.15, -0.1) is 0 Å². The van der Waals surface area contributed by atoms with Crippen molar-refractivity contribution in [2.45, 2.75) is 51.6 Å². The zero-order valence-electron chi connectivity index (χ0n) is 20.6. The van der Waals surface area contributed by atoms with Gasteiger partial charge in [-0.2, -0.15) is 10.4 Å². The average molecular weight is 470 g/mol. The SMILES string of the molecule is CC(=O)N1c2ccc(-c3cnn(C4CCN(C)CC4)c3)c(Oc3ccccc3C#N)c2CCC1C. The summed E-state index contributed by atoms with van der Waals surface area (Å²) in [4.78, 5) is 16.7. The number of hydrogen-bond donors (Lipinski definition) is 0. The van der Waals surface area contributed by atoms with Crippen molar-refractivity contribution in [1.29, 1.82) is 5.26 Å². The van der Waals surface area contributed by atoms with Crippen LogP contribution in [0.2, 0.25) is 0 Å². The molecule has 1 fully saturated rings. The fourth-order valence-corrected chi connectivity index (χ4v) is 5.32. The number of hydrogen-bond acceptors (Lipinski definition) is 5. The van der Waals surface area contributed by atoms with Gasteiger partial charge in [-0.25, -0.2) is 0 Å². The Bertz CT molecular complexity index is 1280. The maximum atomic E-state index is 12.5. The molecule has 0 radical (unpaired) electrons. The Hall–Kier alpha value is -3.63. The van der Waals surface area contributed by atoms with Gasteiger partial charge in [0.05, 0.1) is 23.5 Å². The Kier molecular flexibility index (Phi) is 6.31. The molecule has 3 aromatic rings. The number of fused-ring (bicyclic) bond motifs is 1. The molecule has 1 saturated heterocycles. The third-order valence-corrected chi connectivity index (χ3v) is 7.28. The van der Waals surface area contributed by atoms with Gasteiger partial charge in [0.1, 0.15) is 17.6 Å². The van der Waals surface area contributed by atoms with Crippen LogP contribution in [0.1, 0.15) is 50.3 Å². The zero-order chi connectivity index (χ0) is 24.5. The number of amides is 1. The molecule has 180 valence electrons. The number of carbonyl (C=O) groups excluding carboxylic acids is 1. The minimum absolute atomic E-state index is 0.0182. The molecule has 2 aliphatic heterocycles. The summed E-state index contributed by atoms with van der Waals surface area (Å²) < 4.78 is 8.59. The number of nitriles is 1. The molecule has 0 bridgehead atoms. The quantitative estimate of drug-likeness (QED) is 0.527. The molecule has 0 aliphatic carbocycles. The van der Waals surface area contributed by atoms with Crippen molar-refractivity contribution in [1.82, 2.24) is 14.7 Å². The molecule has 1 aromatic heterocycles. The highest BCUT2D eigenvalue weighted by atomic mass is 16.5. The van der Waals surface area contributed by atoms with Crippen molar-refractivity contribution >= 4 is 11.6 Å². The molecule has 7 nitrogen and oxygen atoms in total. The average Bonchev–Trinajstić information content (AvgIpc) is 3.34. The van der Waals surface area contributed by atoms with Gasteiger partial charge in [0.2, 0.25) is 5.91 Å². The summed E-state index contributed by atoms with van der Waals surface area (Å²) in [6.07, 6.45) is 7.80. The molecule has 1 atom stereocenters. The van der Waals surface area contributed by atoms with Crippen LogP contribution in [-0.2, 0) is 11.2 Å². The number of anilines is 1. The molecular formula is C28H31N5O2. The van der Waals surface area contributed by atoms with Crippen LogP contribution in [0.25, 0.3) is 11.1 Å². The van der Waals surface area contributed by atoms with E-state index in [1.807, 2.05) is 41.4 Å². The van der Waals surface area contributed by atoms with Gasteiger partial charge in [-0.1, -0.05) is 12.1 Å². The van der Waals surface area contributed by atoms with E-state index in [1.54, 1.807) is 13.0 Å². The lowest BCUT2D eigenvalue weighted by Crippen LogP contribution is -2.40. The third kappa shape index (κ3) is 4.42. The lowest BCUT2D eigenvalue weighted by Gasteiger charge is -2.36. The van der Waals surface area contributed by atoms with Crippen LogP contribution in [0.3, 0.4) is 0 Å². The molecule has 1 amide bonds. The van der Waals surface area contributed by atoms with Gasteiger partial charge >= 0.3 is 0 Å². The number of rotatable bonds is 4. The Labute approximate surface area is 206 Å². The predicted molar refractivity (Wildman–Crippen MR) is 136 cm³/mol. The molecule has 0 N–H and O–H groups in total. The summed E-state index contributed by atoms with van der Waals surface area (Å²) in [5.74, 6) is 1.23. The highest BCUT2D eigenvalue weighted by molar-refractivity contribution is 5.95. The van der Waals surface area contributed by atoms with Crippen LogP contribution < -0.4 is 9.64 Å². The first-order valence-corrected chi connectivity index (χ1v) is 12.3. The molecule has 3 heterocycles. The topological polar surface area (TPSA) is 74.4 Å². The standard InChI is InChI=1S/C28H31N5O2/c1-19-8-9-25-26(33(19)20(2)34)11-10-24(28(25)35-27-7-5-4-6-21(27)16-29)22-17-30-32(18-22)23-12-14-31(3)15-13-23/h4-7,10-11,17-19,23H,8-9,12-15H2,1-3H3. The summed E-state index contributed by atoms with van der Waals surface area (Å²) in [5.41, 5.74) is 4.26. The van der Waals surface area contributed by atoms with Gasteiger partial charge in [0, 0.05) is 35.9 Å². The van der Waals surface area contributed by atoms with Gasteiger partial charge in [-0.3, -0.25) is 9.48 Å². The number of piperidine rings is 1. The van der Waals surface area contributed by atoms with Crippen molar-refractivity contribution in [2.75, 3.05) is 25.0 Å². The number of para-hydroxylation sites is 1. The number of ether oxygens (including phenoxy) is 1. The number of benzene rings is 2. The van der Waals surface area contributed by atoms with E-state index in [1.165, 1.54) is 0 Å². The first kappa shape index (κ1) is 23.1. The Morgan fingerprint density at radius 2 is 1.91 bits per heavy atom. The van der Waals surface area contributed by atoms with Crippen molar-refractivity contribution < 1.29 is 9.53 Å². The van der Waals surface area contributed by atoms with Crippen LogP contribution in [0.5, 0.6) is 11.5 Å². The summed E-state index contributed by atoms with van der Waals surface area (Å²) >= 11 is 0. The van der Waals surface area contributed by atoms with E-state index in [0.717, 1.165) is 61.2 Å². The second-order valence-electron chi connectivity index (χ2n) is 9.67. The molecule has 1 unspecified atom stereocenters. The largest absolute Gasteiger partial charge is 0.455 e. The van der Waals surface area contributed by atoms with Gasteiger partial charge in [0.15, 0.2) is 0 Å². The minimum atomic E-state index is 0.0182. The predicted octanol–water partition coefficient (Wildman–Crippen LogP) is 5.17. The van der Waals surface area contributed by atoms with Gasteiger partial charge < -0.3 is 14.5 Å². The maximum Gasteiger partial charge on any atom is 0.224 e. The van der Waals surface area contributed by atoms with Gasteiger partial charge in [0.25, 0.3) is 0 Å². The van der Waals surface area contributed by atoms with E-state index in [2.05, 4.69) is 35.8 Å². The van der Waals surface area contributed by atoms with E-state index in [4.69, 9.17) is 9.84 Å². The zero-order valence-corrected chi connectivity index (χ0v) is 20.6. The van der Waals surface area contributed by atoms with Crippen LogP contribution in [0, 0.1) is 11.3 Å². The molecule has 7 heteroatoms. The first-order chi connectivity index (χ1) is 17.0. The summed E-state index contributed by atoms with van der Waals surface area (Å²) in [7, 11) is 2.16. The van der Waals surface area contributed by atoms with Gasteiger partial charge in [-0.05, 0) is 77.0 Å². The monoisotopic (exact) mass is 469 g/mol. The molecule has 35 heavy (non-hydrogen) atoms. The van der Waals surface area contributed by atoms with E-state index in [9.17, 15) is 10.1 Å². The smallest absolute Gasteiger partial charge is 0.224 e. The van der Waals surface area contributed by atoms with E-state index in [-0.39, 0.29) is 11.9 Å². The summed E-state index contributed by atoms with van der Waals surface area (Å²) in [6.45, 7) is 5.82. The summed E-state index contributed by atoms with van der Waals surface area (Å²) in [5, 5.41) is 14.4. The number of nitrogens with zero attached hydrogens (tertiary/aromatic N) is 5. The van der Waals surface area contributed by atoms with E-state index >= 15 is 0 Å². The minimum Gasteiger partial charge on any atom is -0.455 e. The molecule has 2 aliphatic rings. The number of aromatic nitrogens is 2. The molecule has 5 rings (SSSR count). The maximum absolute atomic E-state index is 12.5. The fraction of sp³-hybridized carbons (Fsp3) is 0.393. The van der Waals surface area contributed by atoms with Crippen LogP contribution in [0.15, 0.2) is 48.8 Å². The highest BCUT2D eigenvalue weighted by Gasteiger charge is 2.30. The van der Waals surface area contributed by atoms with Crippen LogP contribution >= 0.6 is 0 Å². The van der Waals surface area contributed by atoms with Crippen LogP contribution in [0.4, 0.5) is 5.69 Å². The second-order valence-corrected chi connectivity index (χ2v) is 9.67. The van der Waals surface area contributed by atoms with Crippen molar-refractivity contribution in [3.05, 3.63) is 59.9 Å². The van der Waals surface area contributed by atoms with Crippen molar-refractivity contribution in [3.63, 3.8) is 0 Å². The van der Waals surface area contributed by atoms with E-state index in [0.29, 0.717) is 23.1 Å². The Morgan fingerprint density at radius 1 is 1.14 bits per heavy atom. The lowest BCUT2D eigenvalue weighted by molar-refractivity contribution is -0.117. The Balaban J connectivity index is 1.60. The molecule has 2 aromatic carbocycles. The van der Waals surface area contributed by atoms with Crippen molar-refractivity contribution in [2.24, 2.45) is 0 Å². The highest BCUT2D eigenvalue weighted by Crippen LogP contribution is 2.45. The van der Waals surface area contributed by atoms with Crippen molar-refractivity contribution in [3.8, 4) is 28.7 Å².